The Morgan fingerprint density at radius 2 is 2.11 bits per heavy atom. The summed E-state index contributed by atoms with van der Waals surface area (Å²) >= 11 is 0. The van der Waals surface area contributed by atoms with Gasteiger partial charge in [0.2, 0.25) is 12.3 Å². The lowest BCUT2D eigenvalue weighted by Crippen LogP contribution is -2.23. The molecule has 0 aromatic carbocycles. The molecule has 19 heavy (non-hydrogen) atoms. The predicted octanol–water partition coefficient (Wildman–Crippen LogP) is 3.64. The fourth-order valence-electron chi connectivity index (χ4n) is 1.92. The van der Waals surface area contributed by atoms with Gasteiger partial charge in [-0.1, -0.05) is 32.6 Å². The molecule has 6 heteroatoms. The van der Waals surface area contributed by atoms with Crippen LogP contribution in [0.15, 0.2) is 0 Å². The van der Waals surface area contributed by atoms with E-state index in [0.717, 1.165) is 51.6 Å². The molecule has 0 aromatic heterocycles. The summed E-state index contributed by atoms with van der Waals surface area (Å²) in [5.41, 5.74) is 0. The third-order valence-corrected chi connectivity index (χ3v) is 5.51. The van der Waals surface area contributed by atoms with Gasteiger partial charge in [0, 0.05) is 41.5 Å². The van der Waals surface area contributed by atoms with Gasteiger partial charge in [-0.2, -0.15) is 0 Å². The topological polar surface area (TPSA) is 40.6 Å². The maximum absolute atomic E-state index is 11.8. The Morgan fingerprint density at radius 1 is 1.26 bits per heavy atom. The van der Waals surface area contributed by atoms with Crippen LogP contribution in [0.1, 0.15) is 58.3 Å². The summed E-state index contributed by atoms with van der Waals surface area (Å²) in [4.78, 5) is 22.8. The van der Waals surface area contributed by atoms with Crippen LogP contribution >= 0.6 is 22.0 Å². The number of hydrogen-bond donors (Lipinski definition) is 0. The van der Waals surface area contributed by atoms with Gasteiger partial charge < -0.3 is 0 Å². The minimum absolute atomic E-state index is 0.201. The van der Waals surface area contributed by atoms with Crippen molar-refractivity contribution in [2.24, 2.45) is 0 Å². The second-order valence-corrected chi connectivity index (χ2v) is 6.86. The lowest BCUT2D eigenvalue weighted by molar-refractivity contribution is -0.125. The lowest BCUT2D eigenvalue weighted by atomic mass is 10.2. The summed E-state index contributed by atoms with van der Waals surface area (Å²) in [7, 11) is 2.80. The molecule has 0 radical (unpaired) electrons. The van der Waals surface area contributed by atoms with Crippen LogP contribution in [0.5, 0.6) is 0 Å². The molecule has 0 aliphatic carbocycles. The van der Waals surface area contributed by atoms with E-state index >= 15 is 0 Å². The van der Waals surface area contributed by atoms with E-state index in [0.29, 0.717) is 6.42 Å². The third-order valence-electron chi connectivity index (χ3n) is 3.10. The van der Waals surface area contributed by atoms with Crippen LogP contribution in [0.4, 0.5) is 0 Å². The normalized spacial score (nSPS) is 16.3. The fourth-order valence-corrected chi connectivity index (χ4v) is 4.00. The second kappa shape index (κ2) is 10.4. The van der Waals surface area contributed by atoms with Crippen molar-refractivity contribution in [2.75, 3.05) is 13.1 Å². The van der Waals surface area contributed by atoms with Crippen molar-refractivity contribution in [3.63, 3.8) is 0 Å². The SMILES string of the molecule is CCCCCCN(C=O)SSN1CCCCCC1=O. The fraction of sp³-hybridized carbons (Fsp3) is 0.846. The first-order valence-electron chi connectivity index (χ1n) is 7.15. The van der Waals surface area contributed by atoms with Crippen LogP contribution in [0, 0.1) is 0 Å². The highest BCUT2D eigenvalue weighted by Gasteiger charge is 2.18. The number of unbranched alkanes of at least 4 members (excludes halogenated alkanes) is 3. The minimum Gasteiger partial charge on any atom is -0.278 e. The van der Waals surface area contributed by atoms with Crippen LogP contribution in [0.2, 0.25) is 0 Å². The highest BCUT2D eigenvalue weighted by molar-refractivity contribution is 8.75. The van der Waals surface area contributed by atoms with Crippen LogP contribution < -0.4 is 0 Å². The number of carbonyl (C=O) groups excluding carboxylic acids is 2. The zero-order valence-corrected chi connectivity index (χ0v) is 13.3. The Labute approximate surface area is 124 Å². The van der Waals surface area contributed by atoms with Gasteiger partial charge in [-0.3, -0.25) is 18.2 Å². The Hall–Kier alpha value is -0.360. The number of rotatable bonds is 9. The first-order chi connectivity index (χ1) is 9.27. The molecule has 110 valence electrons. The average Bonchev–Trinajstić information content (AvgIpc) is 2.63. The summed E-state index contributed by atoms with van der Waals surface area (Å²) in [5.74, 6) is 0.201. The maximum atomic E-state index is 11.8. The van der Waals surface area contributed by atoms with Crippen LogP contribution in [-0.2, 0) is 9.59 Å². The average molecular weight is 304 g/mol. The van der Waals surface area contributed by atoms with Crippen molar-refractivity contribution in [2.45, 2.75) is 58.3 Å². The van der Waals surface area contributed by atoms with Crippen LogP contribution in [0.3, 0.4) is 0 Å². The molecular weight excluding hydrogens is 280 g/mol. The molecule has 1 aliphatic rings. The zero-order valence-electron chi connectivity index (χ0n) is 11.7. The van der Waals surface area contributed by atoms with Gasteiger partial charge in [0.1, 0.15) is 0 Å². The van der Waals surface area contributed by atoms with E-state index in [1.807, 2.05) is 0 Å². The van der Waals surface area contributed by atoms with Gasteiger partial charge in [-0.15, -0.1) is 0 Å². The van der Waals surface area contributed by atoms with Gasteiger partial charge in [-0.25, -0.2) is 0 Å². The highest BCUT2D eigenvalue weighted by Crippen LogP contribution is 2.31. The Kier molecular flexibility index (Phi) is 9.16. The molecule has 0 saturated carbocycles. The summed E-state index contributed by atoms with van der Waals surface area (Å²) in [6.07, 6.45) is 9.31. The number of nitrogens with zero attached hydrogens (tertiary/aromatic N) is 2. The van der Waals surface area contributed by atoms with E-state index in [1.54, 1.807) is 8.61 Å². The van der Waals surface area contributed by atoms with E-state index in [2.05, 4.69) is 6.92 Å². The van der Waals surface area contributed by atoms with Gasteiger partial charge in [0.05, 0.1) is 0 Å². The van der Waals surface area contributed by atoms with Gasteiger partial charge in [-0.05, 0) is 19.3 Å². The number of amides is 2. The van der Waals surface area contributed by atoms with E-state index < -0.39 is 0 Å². The van der Waals surface area contributed by atoms with E-state index in [-0.39, 0.29) is 5.91 Å². The molecule has 2 amide bonds. The quantitative estimate of drug-likeness (QED) is 0.282. The summed E-state index contributed by atoms with van der Waals surface area (Å²) in [6, 6.07) is 0. The van der Waals surface area contributed by atoms with E-state index in [9.17, 15) is 9.59 Å². The maximum Gasteiger partial charge on any atom is 0.233 e. The van der Waals surface area contributed by atoms with Gasteiger partial charge in [0.15, 0.2) is 0 Å². The zero-order chi connectivity index (χ0) is 13.9. The molecule has 4 nitrogen and oxygen atoms in total. The first-order valence-corrected chi connectivity index (χ1v) is 9.21. The Morgan fingerprint density at radius 3 is 2.84 bits per heavy atom. The van der Waals surface area contributed by atoms with Crippen LogP contribution in [-0.4, -0.2) is 34.0 Å². The molecular formula is C13H24N2O2S2. The lowest BCUT2D eigenvalue weighted by Gasteiger charge is -2.21. The third kappa shape index (κ3) is 7.11. The number of hydrogen-bond acceptors (Lipinski definition) is 4. The molecule has 0 unspecified atom stereocenters. The van der Waals surface area contributed by atoms with Crippen molar-refractivity contribution >= 4 is 34.3 Å². The molecule has 0 spiro atoms. The first kappa shape index (κ1) is 16.7. The van der Waals surface area contributed by atoms with Gasteiger partial charge in [0.25, 0.3) is 0 Å². The molecule has 1 fully saturated rings. The second-order valence-electron chi connectivity index (χ2n) is 4.76. The Balaban J connectivity index is 2.23. The van der Waals surface area contributed by atoms with Crippen molar-refractivity contribution < 1.29 is 9.59 Å². The molecule has 1 saturated heterocycles. The van der Waals surface area contributed by atoms with Crippen LogP contribution in [0.25, 0.3) is 0 Å². The molecule has 0 aromatic rings. The molecule has 0 bridgehead atoms. The largest absolute Gasteiger partial charge is 0.278 e. The Bertz CT molecular complexity index is 277. The summed E-state index contributed by atoms with van der Waals surface area (Å²) < 4.78 is 3.50. The van der Waals surface area contributed by atoms with Crippen molar-refractivity contribution in [1.82, 2.24) is 8.61 Å². The monoisotopic (exact) mass is 304 g/mol. The highest BCUT2D eigenvalue weighted by atomic mass is 33.1. The van der Waals surface area contributed by atoms with Crippen molar-refractivity contribution in [3.8, 4) is 0 Å². The molecule has 1 rings (SSSR count). The standard InChI is InChI=1S/C13H24N2O2S2/c1-2-3-4-7-10-14(12-16)18-19-15-11-8-5-6-9-13(15)17/h12H,2-11H2,1H3. The predicted molar refractivity (Wildman–Crippen MR) is 82.3 cm³/mol. The summed E-state index contributed by atoms with van der Waals surface area (Å²) in [5, 5.41) is 0. The van der Waals surface area contributed by atoms with E-state index in [1.165, 1.54) is 34.8 Å². The molecule has 0 N–H and O–H groups in total. The molecule has 1 heterocycles. The molecule has 1 aliphatic heterocycles. The summed E-state index contributed by atoms with van der Waals surface area (Å²) in [6.45, 7) is 3.75. The molecule has 0 atom stereocenters. The minimum atomic E-state index is 0.201. The van der Waals surface area contributed by atoms with Gasteiger partial charge >= 0.3 is 0 Å². The van der Waals surface area contributed by atoms with Crippen molar-refractivity contribution in [3.05, 3.63) is 0 Å². The van der Waals surface area contributed by atoms with Crippen molar-refractivity contribution in [1.29, 1.82) is 0 Å². The smallest absolute Gasteiger partial charge is 0.233 e. The number of carbonyl (C=O) groups is 2. The van der Waals surface area contributed by atoms with E-state index in [4.69, 9.17) is 0 Å².